The molecule has 0 fully saturated rings. The van der Waals surface area contributed by atoms with Crippen LogP contribution in [0.4, 0.5) is 0 Å². The van der Waals surface area contributed by atoms with E-state index in [2.05, 4.69) is 226 Å². The number of benzene rings is 10. The van der Waals surface area contributed by atoms with Crippen molar-refractivity contribution in [2.75, 3.05) is 0 Å². The molecule has 296 valence electrons. The van der Waals surface area contributed by atoms with Crippen molar-refractivity contribution in [1.82, 2.24) is 9.97 Å². The van der Waals surface area contributed by atoms with Crippen molar-refractivity contribution in [1.29, 1.82) is 0 Å². The average molecular weight is 803 g/mol. The Morgan fingerprint density at radius 3 is 1.49 bits per heavy atom. The molecule has 1 aliphatic rings. The number of aromatic nitrogens is 2. The number of hydrogen-bond donors (Lipinski definition) is 0. The van der Waals surface area contributed by atoms with Crippen LogP contribution in [-0.4, -0.2) is 9.97 Å². The summed E-state index contributed by atoms with van der Waals surface area (Å²) in [6.07, 6.45) is 0. The second-order valence-electron chi connectivity index (χ2n) is 17.2. The summed E-state index contributed by atoms with van der Waals surface area (Å²) in [5, 5.41) is 7.25. The number of fused-ring (bicyclic) bond motifs is 6. The fraction of sp³-hybridized carbons (Fsp3) is 0.0492. The zero-order valence-corrected chi connectivity index (χ0v) is 35.2. The molecule has 0 spiro atoms. The number of hydrogen-bond acceptors (Lipinski definition) is 2. The number of nitrogens with zero attached hydrogens (tertiary/aromatic N) is 2. The van der Waals surface area contributed by atoms with Crippen LogP contribution >= 0.6 is 0 Å². The lowest BCUT2D eigenvalue weighted by Crippen LogP contribution is -2.14. The molecule has 1 aromatic heterocycles. The molecular weight excluding hydrogens is 761 g/mol. The fourth-order valence-corrected chi connectivity index (χ4v) is 10.3. The quantitative estimate of drug-likeness (QED) is 0.167. The summed E-state index contributed by atoms with van der Waals surface area (Å²) < 4.78 is 0. The standard InChI is InChI=1S/C61H42N2/c1-61(2)55-29-15-14-27-54(55)59-53(28-16-30-56(59)61)50-34-33-48(44-22-9-10-23-45(44)50)49-35-36-52(47-25-12-11-24-46(47)49)58-38-57(62-60(63-58)40-18-4-3-5-19-40)51-26-13-8-21-43(51)42-32-31-39-17-6-7-20-41(39)37-42/h3-38H,1-2H3. The van der Waals surface area contributed by atoms with Gasteiger partial charge in [-0.05, 0) is 100 Å². The van der Waals surface area contributed by atoms with Gasteiger partial charge in [-0.2, -0.15) is 0 Å². The molecule has 0 N–H and O–H groups in total. The van der Waals surface area contributed by atoms with E-state index in [0.717, 1.165) is 44.6 Å². The minimum Gasteiger partial charge on any atom is -0.228 e. The van der Waals surface area contributed by atoms with Crippen molar-refractivity contribution in [2.24, 2.45) is 0 Å². The first-order valence-corrected chi connectivity index (χ1v) is 21.8. The van der Waals surface area contributed by atoms with Gasteiger partial charge in [0.25, 0.3) is 0 Å². The Morgan fingerprint density at radius 2 is 0.794 bits per heavy atom. The van der Waals surface area contributed by atoms with Gasteiger partial charge < -0.3 is 0 Å². The summed E-state index contributed by atoms with van der Waals surface area (Å²) >= 11 is 0. The van der Waals surface area contributed by atoms with Crippen molar-refractivity contribution in [3.8, 4) is 78.4 Å². The van der Waals surface area contributed by atoms with E-state index in [9.17, 15) is 0 Å². The fourth-order valence-electron chi connectivity index (χ4n) is 10.3. The highest BCUT2D eigenvalue weighted by molar-refractivity contribution is 6.13. The van der Waals surface area contributed by atoms with E-state index in [1.54, 1.807) is 0 Å². The van der Waals surface area contributed by atoms with Gasteiger partial charge >= 0.3 is 0 Å². The molecule has 1 aliphatic carbocycles. The van der Waals surface area contributed by atoms with Crippen molar-refractivity contribution >= 4 is 32.3 Å². The summed E-state index contributed by atoms with van der Waals surface area (Å²) in [5.74, 6) is 0.699. The van der Waals surface area contributed by atoms with E-state index in [0.29, 0.717) is 5.82 Å². The van der Waals surface area contributed by atoms with Crippen molar-refractivity contribution < 1.29 is 0 Å². The Bertz CT molecular complexity index is 3600. The highest BCUT2D eigenvalue weighted by Gasteiger charge is 2.36. The van der Waals surface area contributed by atoms with Gasteiger partial charge in [-0.3, -0.25) is 0 Å². The van der Waals surface area contributed by atoms with Gasteiger partial charge in [-0.25, -0.2) is 9.97 Å². The van der Waals surface area contributed by atoms with Crippen LogP contribution in [0.5, 0.6) is 0 Å². The lowest BCUT2D eigenvalue weighted by molar-refractivity contribution is 0.660. The van der Waals surface area contributed by atoms with Gasteiger partial charge in [0.1, 0.15) is 0 Å². The van der Waals surface area contributed by atoms with Crippen molar-refractivity contribution in [3.63, 3.8) is 0 Å². The second-order valence-corrected chi connectivity index (χ2v) is 17.2. The van der Waals surface area contributed by atoms with Crippen LogP contribution in [0.25, 0.3) is 111 Å². The molecule has 2 heteroatoms. The zero-order chi connectivity index (χ0) is 42.1. The Hall–Kier alpha value is -7.94. The Kier molecular flexibility index (Phi) is 8.55. The van der Waals surface area contributed by atoms with Gasteiger partial charge in [-0.1, -0.05) is 220 Å². The Morgan fingerprint density at radius 1 is 0.302 bits per heavy atom. The molecule has 0 aliphatic heterocycles. The Balaban J connectivity index is 1.02. The summed E-state index contributed by atoms with van der Waals surface area (Å²) in [5.41, 5.74) is 17.5. The van der Waals surface area contributed by atoms with Crippen LogP contribution in [0.15, 0.2) is 218 Å². The van der Waals surface area contributed by atoms with Gasteiger partial charge in [0.05, 0.1) is 11.4 Å². The summed E-state index contributed by atoms with van der Waals surface area (Å²) in [6.45, 7) is 4.71. The molecule has 11 aromatic rings. The zero-order valence-electron chi connectivity index (χ0n) is 35.2. The average Bonchev–Trinajstić information content (AvgIpc) is 3.59. The smallest absolute Gasteiger partial charge is 0.160 e. The molecule has 63 heavy (non-hydrogen) atoms. The van der Waals surface area contributed by atoms with E-state index in [1.165, 1.54) is 71.4 Å². The van der Waals surface area contributed by atoms with Crippen molar-refractivity contribution in [2.45, 2.75) is 19.3 Å². The molecule has 0 amide bonds. The third-order valence-electron chi connectivity index (χ3n) is 13.3. The van der Waals surface area contributed by atoms with Gasteiger partial charge in [0.15, 0.2) is 5.82 Å². The first-order chi connectivity index (χ1) is 31.0. The highest BCUT2D eigenvalue weighted by Crippen LogP contribution is 2.53. The molecule has 1 heterocycles. The molecule has 0 saturated carbocycles. The van der Waals surface area contributed by atoms with Crippen LogP contribution in [0, 0.1) is 0 Å². The molecule has 12 rings (SSSR count). The molecule has 10 aromatic carbocycles. The minimum atomic E-state index is -0.0642. The SMILES string of the molecule is CC1(C)c2ccccc2-c2c(-c3ccc(-c4ccc(-c5cc(-c6ccccc6-c6ccc7ccccc7c6)nc(-c6ccccc6)n5)c5ccccc45)c4ccccc34)cccc21. The molecular formula is C61H42N2. The number of rotatable bonds is 6. The molecule has 0 bridgehead atoms. The van der Waals surface area contributed by atoms with Crippen LogP contribution < -0.4 is 0 Å². The van der Waals surface area contributed by atoms with Gasteiger partial charge in [-0.15, -0.1) is 0 Å². The largest absolute Gasteiger partial charge is 0.228 e. The van der Waals surface area contributed by atoms with E-state index >= 15 is 0 Å². The van der Waals surface area contributed by atoms with E-state index in [-0.39, 0.29) is 5.41 Å². The van der Waals surface area contributed by atoms with Crippen LogP contribution in [0.1, 0.15) is 25.0 Å². The van der Waals surface area contributed by atoms with Gasteiger partial charge in [0, 0.05) is 22.1 Å². The minimum absolute atomic E-state index is 0.0642. The third kappa shape index (κ3) is 6.02. The summed E-state index contributed by atoms with van der Waals surface area (Å²) in [4.78, 5) is 10.6. The van der Waals surface area contributed by atoms with Crippen LogP contribution in [-0.2, 0) is 5.41 Å². The van der Waals surface area contributed by atoms with Gasteiger partial charge in [0.2, 0.25) is 0 Å². The monoisotopic (exact) mass is 802 g/mol. The Labute approximate surface area is 367 Å². The third-order valence-corrected chi connectivity index (χ3v) is 13.3. The molecule has 2 nitrogen and oxygen atoms in total. The van der Waals surface area contributed by atoms with Crippen LogP contribution in [0.2, 0.25) is 0 Å². The lowest BCUT2D eigenvalue weighted by atomic mass is 9.81. The maximum Gasteiger partial charge on any atom is 0.160 e. The second kappa shape index (κ2) is 14.6. The topological polar surface area (TPSA) is 25.8 Å². The first-order valence-electron chi connectivity index (χ1n) is 21.8. The predicted octanol–water partition coefficient (Wildman–Crippen LogP) is 16.2. The van der Waals surface area contributed by atoms with Crippen LogP contribution in [0.3, 0.4) is 0 Å². The summed E-state index contributed by atoms with van der Waals surface area (Å²) in [6, 6.07) is 79.1. The molecule has 0 saturated heterocycles. The van der Waals surface area contributed by atoms with E-state index in [1.807, 2.05) is 6.07 Å². The highest BCUT2D eigenvalue weighted by atomic mass is 14.9. The first kappa shape index (κ1) is 36.9. The molecule has 0 atom stereocenters. The predicted molar refractivity (Wildman–Crippen MR) is 265 cm³/mol. The maximum absolute atomic E-state index is 5.33. The molecule has 0 unspecified atom stereocenters. The normalized spacial score (nSPS) is 12.7. The summed E-state index contributed by atoms with van der Waals surface area (Å²) in [7, 11) is 0. The van der Waals surface area contributed by atoms with E-state index < -0.39 is 0 Å². The molecule has 0 radical (unpaired) electrons. The maximum atomic E-state index is 5.33. The van der Waals surface area contributed by atoms with Crippen molar-refractivity contribution in [3.05, 3.63) is 230 Å². The van der Waals surface area contributed by atoms with E-state index in [4.69, 9.17) is 9.97 Å². The lowest BCUT2D eigenvalue weighted by Gasteiger charge is -2.22.